The van der Waals surface area contributed by atoms with E-state index < -0.39 is 0 Å². The molecule has 0 saturated heterocycles. The molecule has 0 spiro atoms. The van der Waals surface area contributed by atoms with Gasteiger partial charge in [0.05, 0.1) is 6.61 Å². The van der Waals surface area contributed by atoms with Gasteiger partial charge in [-0.1, -0.05) is 43.3 Å². The first-order valence-electron chi connectivity index (χ1n) is 7.94. The fourth-order valence-corrected chi connectivity index (χ4v) is 2.47. The van der Waals surface area contributed by atoms with Crippen LogP contribution >= 0.6 is 0 Å². The Bertz CT molecular complexity index is 635. The Labute approximate surface area is 142 Å². The summed E-state index contributed by atoms with van der Waals surface area (Å²) in [6.07, 6.45) is 0. The van der Waals surface area contributed by atoms with E-state index in [1.165, 1.54) is 0 Å². The van der Waals surface area contributed by atoms with Gasteiger partial charge in [0, 0.05) is 5.41 Å². The molecule has 0 aliphatic heterocycles. The molecule has 5 nitrogen and oxygen atoms in total. The normalized spacial score (nSPS) is 11.1. The van der Waals surface area contributed by atoms with E-state index in [-0.39, 0.29) is 18.6 Å². The Morgan fingerprint density at radius 3 is 1.75 bits per heavy atom. The van der Waals surface area contributed by atoms with Crippen LogP contribution in [-0.4, -0.2) is 31.5 Å². The SMILES string of the molecule is CC(C)(c1ccc(OCCO)cc1)c1ccc(OCCN=O)cc1. The van der Waals surface area contributed by atoms with Crippen molar-refractivity contribution in [2.75, 3.05) is 26.4 Å². The topological polar surface area (TPSA) is 68.1 Å². The predicted octanol–water partition coefficient (Wildman–Crippen LogP) is 3.53. The molecular weight excluding hydrogens is 306 g/mol. The number of benzene rings is 2. The second kappa shape index (κ2) is 8.45. The molecule has 0 aromatic heterocycles. The zero-order valence-electron chi connectivity index (χ0n) is 14.1. The molecule has 0 unspecified atom stereocenters. The van der Waals surface area contributed by atoms with Crippen LogP contribution in [0.2, 0.25) is 0 Å². The molecule has 2 aromatic rings. The number of ether oxygens (including phenoxy) is 2. The molecule has 0 aliphatic rings. The highest BCUT2D eigenvalue weighted by molar-refractivity contribution is 5.41. The van der Waals surface area contributed by atoms with Crippen molar-refractivity contribution in [1.29, 1.82) is 0 Å². The summed E-state index contributed by atoms with van der Waals surface area (Å²) >= 11 is 0. The molecule has 5 heteroatoms. The summed E-state index contributed by atoms with van der Waals surface area (Å²) in [7, 11) is 0. The van der Waals surface area contributed by atoms with Crippen LogP contribution in [0, 0.1) is 4.91 Å². The fraction of sp³-hybridized carbons (Fsp3) is 0.368. The lowest BCUT2D eigenvalue weighted by Crippen LogP contribution is -2.18. The number of aliphatic hydroxyl groups is 1. The Hall–Kier alpha value is -2.40. The molecular formula is C19H23NO4. The molecule has 24 heavy (non-hydrogen) atoms. The highest BCUT2D eigenvalue weighted by atomic mass is 16.5. The molecule has 0 radical (unpaired) electrons. The average Bonchev–Trinajstić information content (AvgIpc) is 2.61. The summed E-state index contributed by atoms with van der Waals surface area (Å²) in [5, 5.41) is 11.6. The zero-order valence-corrected chi connectivity index (χ0v) is 14.1. The van der Waals surface area contributed by atoms with Gasteiger partial charge in [0.25, 0.3) is 0 Å². The van der Waals surface area contributed by atoms with Gasteiger partial charge in [-0.3, -0.25) is 0 Å². The van der Waals surface area contributed by atoms with Crippen LogP contribution in [0.4, 0.5) is 0 Å². The van der Waals surface area contributed by atoms with Crippen LogP contribution in [0.3, 0.4) is 0 Å². The molecule has 128 valence electrons. The Kier molecular flexibility index (Phi) is 6.32. The monoisotopic (exact) mass is 329 g/mol. The van der Waals surface area contributed by atoms with Crippen molar-refractivity contribution in [3.63, 3.8) is 0 Å². The lowest BCUT2D eigenvalue weighted by molar-refractivity contribution is 0.201. The van der Waals surface area contributed by atoms with Crippen molar-refractivity contribution >= 4 is 0 Å². The lowest BCUT2D eigenvalue weighted by Gasteiger charge is -2.26. The molecule has 2 rings (SSSR count). The number of rotatable bonds is 9. The molecule has 0 atom stereocenters. The Morgan fingerprint density at radius 2 is 1.33 bits per heavy atom. The molecule has 0 saturated carbocycles. The third-order valence-corrected chi connectivity index (χ3v) is 3.96. The van der Waals surface area contributed by atoms with Crippen LogP contribution < -0.4 is 9.47 Å². The molecule has 0 fully saturated rings. The number of aliphatic hydroxyl groups excluding tert-OH is 1. The predicted molar refractivity (Wildman–Crippen MR) is 93.7 cm³/mol. The van der Waals surface area contributed by atoms with Crippen molar-refractivity contribution in [2.45, 2.75) is 19.3 Å². The molecule has 1 N–H and O–H groups in total. The van der Waals surface area contributed by atoms with Crippen molar-refractivity contribution < 1.29 is 14.6 Å². The second-order valence-electron chi connectivity index (χ2n) is 5.95. The quantitative estimate of drug-likeness (QED) is 0.564. The third-order valence-electron chi connectivity index (χ3n) is 3.96. The Balaban J connectivity index is 2.09. The minimum absolute atomic E-state index is 0.00454. The highest BCUT2D eigenvalue weighted by Gasteiger charge is 2.23. The third kappa shape index (κ3) is 4.55. The number of hydrogen-bond acceptors (Lipinski definition) is 5. The van der Waals surface area contributed by atoms with Crippen molar-refractivity contribution in [3.05, 3.63) is 64.6 Å². The van der Waals surface area contributed by atoms with Crippen LogP contribution in [0.1, 0.15) is 25.0 Å². The summed E-state index contributed by atoms with van der Waals surface area (Å²) in [6.45, 7) is 5.05. The maximum absolute atomic E-state index is 10.1. The Morgan fingerprint density at radius 1 is 0.875 bits per heavy atom. The second-order valence-corrected chi connectivity index (χ2v) is 5.95. The summed E-state index contributed by atoms with van der Waals surface area (Å²) in [5.41, 5.74) is 2.16. The van der Waals surface area contributed by atoms with Crippen LogP contribution in [0.25, 0.3) is 0 Å². The van der Waals surface area contributed by atoms with Crippen LogP contribution in [-0.2, 0) is 5.41 Å². The van der Waals surface area contributed by atoms with E-state index in [2.05, 4.69) is 19.0 Å². The van der Waals surface area contributed by atoms with Crippen LogP contribution in [0.15, 0.2) is 53.7 Å². The first kappa shape index (κ1) is 17.9. The van der Waals surface area contributed by atoms with E-state index in [0.29, 0.717) is 13.2 Å². The summed E-state index contributed by atoms with van der Waals surface area (Å²) in [4.78, 5) is 10.1. The molecule has 0 heterocycles. The number of hydrogen-bond donors (Lipinski definition) is 1. The van der Waals surface area contributed by atoms with Crippen LogP contribution in [0.5, 0.6) is 11.5 Å². The van der Waals surface area contributed by atoms with Gasteiger partial charge in [0.2, 0.25) is 0 Å². The van der Waals surface area contributed by atoms with Crippen molar-refractivity contribution in [1.82, 2.24) is 0 Å². The maximum Gasteiger partial charge on any atom is 0.119 e. The van der Waals surface area contributed by atoms with Gasteiger partial charge in [-0.05, 0) is 35.4 Å². The first-order valence-corrected chi connectivity index (χ1v) is 7.94. The van der Waals surface area contributed by atoms with E-state index in [0.717, 1.165) is 22.6 Å². The highest BCUT2D eigenvalue weighted by Crippen LogP contribution is 2.33. The van der Waals surface area contributed by atoms with Crippen molar-refractivity contribution in [3.8, 4) is 11.5 Å². The average molecular weight is 329 g/mol. The van der Waals surface area contributed by atoms with E-state index in [1.54, 1.807) is 0 Å². The summed E-state index contributed by atoms with van der Waals surface area (Å²) in [6, 6.07) is 15.8. The molecule has 0 aliphatic carbocycles. The van der Waals surface area contributed by atoms with Gasteiger partial charge >= 0.3 is 0 Å². The van der Waals surface area contributed by atoms with E-state index in [1.807, 2.05) is 48.5 Å². The van der Waals surface area contributed by atoms with E-state index in [9.17, 15) is 4.91 Å². The van der Waals surface area contributed by atoms with Gasteiger partial charge in [-0.25, -0.2) is 0 Å². The smallest absolute Gasteiger partial charge is 0.119 e. The first-order chi connectivity index (χ1) is 11.6. The van der Waals surface area contributed by atoms with Gasteiger partial charge in [-0.2, -0.15) is 4.91 Å². The molecule has 0 amide bonds. The minimum Gasteiger partial charge on any atom is -0.492 e. The number of nitrogens with zero attached hydrogens (tertiary/aromatic N) is 1. The fourth-order valence-electron chi connectivity index (χ4n) is 2.47. The van der Waals surface area contributed by atoms with E-state index >= 15 is 0 Å². The number of nitroso groups, excluding NO2 is 1. The van der Waals surface area contributed by atoms with Gasteiger partial charge < -0.3 is 14.6 Å². The van der Waals surface area contributed by atoms with Gasteiger partial charge in [-0.15, -0.1) is 0 Å². The summed E-state index contributed by atoms with van der Waals surface area (Å²) < 4.78 is 10.8. The van der Waals surface area contributed by atoms with Gasteiger partial charge in [0.1, 0.15) is 31.3 Å². The zero-order chi connectivity index (χ0) is 17.4. The lowest BCUT2D eigenvalue weighted by atomic mass is 9.78. The largest absolute Gasteiger partial charge is 0.492 e. The van der Waals surface area contributed by atoms with E-state index in [4.69, 9.17) is 14.6 Å². The standard InChI is InChI=1S/C19H23NO4/c1-19(2,16-5-9-18(10-6-16)24-14-12-21)15-3-7-17(8-4-15)23-13-11-20-22/h3-10,21H,11-14H2,1-2H3. The summed E-state index contributed by atoms with van der Waals surface area (Å²) in [5.74, 6) is 1.47. The molecule has 2 aromatic carbocycles. The van der Waals surface area contributed by atoms with Crippen molar-refractivity contribution in [2.24, 2.45) is 5.18 Å². The molecule has 0 bridgehead atoms. The minimum atomic E-state index is -0.168. The van der Waals surface area contributed by atoms with Gasteiger partial charge in [0.15, 0.2) is 0 Å². The maximum atomic E-state index is 10.1.